The van der Waals surface area contributed by atoms with Crippen molar-refractivity contribution in [3.05, 3.63) is 35.4 Å². The van der Waals surface area contributed by atoms with Crippen LogP contribution in [0.25, 0.3) is 6.08 Å². The Labute approximate surface area is 138 Å². The Morgan fingerprint density at radius 2 is 1.88 bits per heavy atom. The molecular formula is C16H18N2O6. The first kappa shape index (κ1) is 19.0. The van der Waals surface area contributed by atoms with E-state index in [0.29, 0.717) is 5.56 Å². The van der Waals surface area contributed by atoms with Crippen LogP contribution in [0.5, 0.6) is 5.75 Å². The monoisotopic (exact) mass is 334 g/mol. The quantitative estimate of drug-likeness (QED) is 0.325. The standard InChI is InChI=1S/C16H18N2O6/c1-10(7-12-3-5-13(20)6-4-12)16(22)23-9-14(18-17)24-15(21)8-11(2)19/h3-7,14,17,20H,8-9H2,1-2H3. The number of phenolic OH excluding ortho intramolecular Hbond substituents is 1. The smallest absolute Gasteiger partial charge is 0.333 e. The molecule has 1 rings (SSSR count). The average molecular weight is 334 g/mol. The third kappa shape index (κ3) is 6.82. The highest BCUT2D eigenvalue weighted by atomic mass is 16.6. The normalized spacial score (nSPS) is 12.2. The van der Waals surface area contributed by atoms with Crippen LogP contribution in [-0.2, 0) is 23.9 Å². The molecule has 0 heterocycles. The number of nitrogens with one attached hydrogen (secondary N) is 1. The first-order chi connectivity index (χ1) is 11.3. The van der Waals surface area contributed by atoms with E-state index in [9.17, 15) is 19.5 Å². The zero-order valence-electron chi connectivity index (χ0n) is 13.3. The van der Waals surface area contributed by atoms with Crippen molar-refractivity contribution < 1.29 is 29.0 Å². The molecule has 0 saturated carbocycles. The minimum Gasteiger partial charge on any atom is -0.508 e. The van der Waals surface area contributed by atoms with Gasteiger partial charge in [0.15, 0.2) is 6.61 Å². The molecule has 0 bridgehead atoms. The second-order valence-corrected chi connectivity index (χ2v) is 4.97. The van der Waals surface area contributed by atoms with Gasteiger partial charge < -0.3 is 14.6 Å². The zero-order chi connectivity index (χ0) is 18.1. The van der Waals surface area contributed by atoms with Crippen molar-refractivity contribution in [1.29, 1.82) is 5.53 Å². The summed E-state index contributed by atoms with van der Waals surface area (Å²) in [5, 5.41) is 12.2. The van der Waals surface area contributed by atoms with Crippen LogP contribution < -0.4 is 0 Å². The first-order valence-corrected chi connectivity index (χ1v) is 7.01. The van der Waals surface area contributed by atoms with Gasteiger partial charge in [-0.05, 0) is 37.6 Å². The van der Waals surface area contributed by atoms with Crippen LogP contribution in [0.3, 0.4) is 0 Å². The number of ether oxygens (including phenoxy) is 2. The lowest BCUT2D eigenvalue weighted by Gasteiger charge is -2.12. The van der Waals surface area contributed by atoms with Gasteiger partial charge in [-0.3, -0.25) is 9.59 Å². The molecule has 0 aromatic heterocycles. The topological polar surface area (TPSA) is 126 Å². The van der Waals surface area contributed by atoms with Gasteiger partial charge in [-0.15, -0.1) is 5.11 Å². The van der Waals surface area contributed by atoms with Gasteiger partial charge in [-0.1, -0.05) is 12.1 Å². The Balaban J connectivity index is 2.56. The summed E-state index contributed by atoms with van der Waals surface area (Å²) in [6.45, 7) is 2.34. The van der Waals surface area contributed by atoms with Gasteiger partial charge in [0, 0.05) is 5.57 Å². The van der Waals surface area contributed by atoms with Crippen LogP contribution in [-0.4, -0.2) is 35.7 Å². The molecule has 0 spiro atoms. The lowest BCUT2D eigenvalue weighted by atomic mass is 10.1. The summed E-state index contributed by atoms with van der Waals surface area (Å²) in [5.41, 5.74) is 7.89. The average Bonchev–Trinajstić information content (AvgIpc) is 2.52. The highest BCUT2D eigenvalue weighted by Crippen LogP contribution is 2.13. The molecule has 8 heteroatoms. The molecule has 1 aromatic rings. The molecule has 1 atom stereocenters. The van der Waals surface area contributed by atoms with E-state index in [1.54, 1.807) is 18.2 Å². The number of carbonyl (C=O) groups excluding carboxylic acids is 3. The van der Waals surface area contributed by atoms with Gasteiger partial charge in [-0.25, -0.2) is 10.3 Å². The molecule has 0 fully saturated rings. The van der Waals surface area contributed by atoms with Crippen molar-refractivity contribution in [3.63, 3.8) is 0 Å². The maximum absolute atomic E-state index is 11.9. The summed E-state index contributed by atoms with van der Waals surface area (Å²) < 4.78 is 9.66. The lowest BCUT2D eigenvalue weighted by Crippen LogP contribution is -2.24. The fourth-order valence-electron chi connectivity index (χ4n) is 1.63. The van der Waals surface area contributed by atoms with E-state index >= 15 is 0 Å². The summed E-state index contributed by atoms with van der Waals surface area (Å²) in [4.78, 5) is 34.0. The number of Topliss-reactive ketones (excluding diaryl/α,β-unsaturated/α-hetero) is 1. The Kier molecular flexibility index (Phi) is 7.28. The fraction of sp³-hybridized carbons (Fsp3) is 0.312. The predicted molar refractivity (Wildman–Crippen MR) is 83.0 cm³/mol. The Morgan fingerprint density at radius 3 is 2.42 bits per heavy atom. The Hall–Kier alpha value is -3.03. The molecule has 8 nitrogen and oxygen atoms in total. The van der Waals surface area contributed by atoms with E-state index in [0.717, 1.165) is 0 Å². The fourth-order valence-corrected chi connectivity index (χ4v) is 1.63. The van der Waals surface area contributed by atoms with Crippen molar-refractivity contribution >= 4 is 23.8 Å². The number of nitrogens with zero attached hydrogens (tertiary/aromatic N) is 1. The van der Waals surface area contributed by atoms with Gasteiger partial charge in [-0.2, -0.15) is 0 Å². The number of phenols is 1. The Morgan fingerprint density at radius 1 is 1.25 bits per heavy atom. The van der Waals surface area contributed by atoms with Crippen molar-refractivity contribution in [2.75, 3.05) is 6.61 Å². The molecular weight excluding hydrogens is 316 g/mol. The zero-order valence-corrected chi connectivity index (χ0v) is 13.3. The van der Waals surface area contributed by atoms with Crippen LogP contribution in [0.4, 0.5) is 0 Å². The van der Waals surface area contributed by atoms with Gasteiger partial charge in [0.1, 0.15) is 18.0 Å². The summed E-state index contributed by atoms with van der Waals surface area (Å²) in [7, 11) is 0. The van der Waals surface area contributed by atoms with E-state index in [1.807, 2.05) is 0 Å². The molecule has 2 N–H and O–H groups in total. The number of aromatic hydroxyl groups is 1. The minimum atomic E-state index is -1.29. The highest BCUT2D eigenvalue weighted by molar-refractivity contribution is 5.94. The largest absolute Gasteiger partial charge is 0.508 e. The van der Waals surface area contributed by atoms with Crippen molar-refractivity contribution in [1.82, 2.24) is 0 Å². The van der Waals surface area contributed by atoms with E-state index in [1.165, 1.54) is 26.0 Å². The highest BCUT2D eigenvalue weighted by Gasteiger charge is 2.17. The number of carbonyl (C=O) groups is 3. The molecule has 0 amide bonds. The first-order valence-electron chi connectivity index (χ1n) is 7.01. The van der Waals surface area contributed by atoms with Crippen molar-refractivity contribution in [3.8, 4) is 5.75 Å². The minimum absolute atomic E-state index is 0.111. The number of hydrogen-bond acceptors (Lipinski definition) is 8. The molecule has 0 aliphatic rings. The van der Waals surface area contributed by atoms with Crippen LogP contribution in [0.2, 0.25) is 0 Å². The van der Waals surface area contributed by atoms with Crippen LogP contribution in [0.1, 0.15) is 25.8 Å². The SMILES string of the molecule is CC(=O)CC(=O)OC(COC(=O)C(C)=Cc1ccc(O)cc1)N=N. The molecule has 0 aliphatic heterocycles. The predicted octanol–water partition coefficient (Wildman–Crippen LogP) is 2.22. The molecule has 0 radical (unpaired) electrons. The van der Waals surface area contributed by atoms with Crippen molar-refractivity contribution in [2.24, 2.45) is 5.11 Å². The second-order valence-electron chi connectivity index (χ2n) is 4.97. The van der Waals surface area contributed by atoms with Gasteiger partial charge in [0.05, 0.1) is 0 Å². The summed E-state index contributed by atoms with van der Waals surface area (Å²) in [5.74, 6) is -1.77. The molecule has 1 unspecified atom stereocenters. The number of ketones is 1. The third-order valence-electron chi connectivity index (χ3n) is 2.76. The van der Waals surface area contributed by atoms with E-state index in [4.69, 9.17) is 15.0 Å². The maximum Gasteiger partial charge on any atom is 0.333 e. The third-order valence-corrected chi connectivity index (χ3v) is 2.76. The number of esters is 2. The number of benzene rings is 1. The van der Waals surface area contributed by atoms with Gasteiger partial charge in [0.25, 0.3) is 0 Å². The molecule has 1 aromatic carbocycles. The molecule has 0 aliphatic carbocycles. The summed E-state index contributed by atoms with van der Waals surface area (Å²) in [6, 6.07) is 6.21. The molecule has 0 saturated heterocycles. The van der Waals surface area contributed by atoms with E-state index < -0.39 is 31.2 Å². The lowest BCUT2D eigenvalue weighted by molar-refractivity contribution is -0.158. The van der Waals surface area contributed by atoms with Crippen LogP contribution in [0, 0.1) is 5.53 Å². The molecule has 24 heavy (non-hydrogen) atoms. The maximum atomic E-state index is 11.9. The van der Waals surface area contributed by atoms with Gasteiger partial charge in [0.2, 0.25) is 6.23 Å². The summed E-state index contributed by atoms with van der Waals surface area (Å²) in [6.07, 6.45) is -0.168. The van der Waals surface area contributed by atoms with E-state index in [2.05, 4.69) is 5.11 Å². The second kappa shape index (κ2) is 9.19. The van der Waals surface area contributed by atoms with Crippen molar-refractivity contribution in [2.45, 2.75) is 26.5 Å². The number of rotatable bonds is 8. The van der Waals surface area contributed by atoms with Gasteiger partial charge >= 0.3 is 11.9 Å². The van der Waals surface area contributed by atoms with Crippen LogP contribution >= 0.6 is 0 Å². The summed E-state index contributed by atoms with van der Waals surface area (Å²) >= 11 is 0. The number of hydrogen-bond donors (Lipinski definition) is 2. The molecule has 128 valence electrons. The Bertz CT molecular complexity index is 651. The van der Waals surface area contributed by atoms with Crippen LogP contribution in [0.15, 0.2) is 35.0 Å². The van der Waals surface area contributed by atoms with E-state index in [-0.39, 0.29) is 17.1 Å².